The van der Waals surface area contributed by atoms with E-state index in [1.54, 1.807) is 0 Å². The summed E-state index contributed by atoms with van der Waals surface area (Å²) in [7, 11) is 1.36. The van der Waals surface area contributed by atoms with Crippen LogP contribution in [0.15, 0.2) is 6.33 Å². The molecule has 0 spiro atoms. The van der Waals surface area contributed by atoms with Crippen molar-refractivity contribution in [3.63, 3.8) is 0 Å². The Labute approximate surface area is 110 Å². The largest absolute Gasteiger partial charge is 0.465 e. The minimum absolute atomic E-state index is 0.0232. The molecular weight excluding hydrogens is 244 g/mol. The lowest BCUT2D eigenvalue weighted by molar-refractivity contribution is 0.0601. The second-order valence-electron chi connectivity index (χ2n) is 5.24. The first-order valence-electron chi connectivity index (χ1n) is 6.20. The first-order chi connectivity index (χ1) is 8.99. The first-order valence-corrected chi connectivity index (χ1v) is 6.20. The molecule has 100 valence electrons. The number of esters is 1. The molecule has 0 unspecified atom stereocenters. The van der Waals surface area contributed by atoms with Gasteiger partial charge in [0, 0.05) is 11.2 Å². The fraction of sp³-hybridized carbons (Fsp3) is 0.462. The maximum absolute atomic E-state index is 12.0. The number of hydrogen-bond donors (Lipinski definition) is 1. The Morgan fingerprint density at radius 1 is 1.47 bits per heavy atom. The van der Waals surface area contributed by atoms with Crippen LogP contribution in [-0.4, -0.2) is 27.6 Å². The zero-order chi connectivity index (χ0) is 13.8. The van der Waals surface area contributed by atoms with E-state index in [1.807, 2.05) is 6.92 Å². The lowest BCUT2D eigenvalue weighted by Gasteiger charge is -2.15. The summed E-state index contributed by atoms with van der Waals surface area (Å²) in [4.78, 5) is 20.3. The van der Waals surface area contributed by atoms with Crippen molar-refractivity contribution in [1.29, 1.82) is 0 Å². The van der Waals surface area contributed by atoms with E-state index in [0.717, 1.165) is 18.5 Å². The molecular formula is C13H16N4O2. The van der Waals surface area contributed by atoms with Crippen molar-refractivity contribution in [1.82, 2.24) is 14.5 Å². The fourth-order valence-corrected chi connectivity index (χ4v) is 2.67. The third-order valence-electron chi connectivity index (χ3n) is 3.92. The highest BCUT2D eigenvalue weighted by Crippen LogP contribution is 2.47. The molecule has 6 heteroatoms. The molecule has 0 radical (unpaired) electrons. The van der Waals surface area contributed by atoms with Crippen molar-refractivity contribution in [2.24, 2.45) is 0 Å². The molecule has 2 N–H and O–H groups in total. The molecule has 0 bridgehead atoms. The van der Waals surface area contributed by atoms with Gasteiger partial charge in [-0.2, -0.15) is 0 Å². The number of anilines is 1. The molecule has 2 aromatic heterocycles. The number of methoxy groups -OCH3 is 1. The molecule has 6 nitrogen and oxygen atoms in total. The predicted molar refractivity (Wildman–Crippen MR) is 70.9 cm³/mol. The van der Waals surface area contributed by atoms with Crippen LogP contribution in [0.4, 0.5) is 5.82 Å². The van der Waals surface area contributed by atoms with E-state index in [2.05, 4.69) is 21.5 Å². The van der Waals surface area contributed by atoms with Gasteiger partial charge in [-0.05, 0) is 26.7 Å². The smallest absolute Gasteiger partial charge is 0.340 e. The molecule has 2 aromatic rings. The first kappa shape index (κ1) is 12.0. The van der Waals surface area contributed by atoms with E-state index in [4.69, 9.17) is 10.5 Å². The molecule has 0 aromatic carbocycles. The number of nitrogen functional groups attached to an aromatic ring is 1. The van der Waals surface area contributed by atoms with Gasteiger partial charge in [-0.15, -0.1) is 0 Å². The quantitative estimate of drug-likeness (QED) is 0.829. The van der Waals surface area contributed by atoms with Gasteiger partial charge in [-0.25, -0.2) is 14.8 Å². The Morgan fingerprint density at radius 2 is 2.16 bits per heavy atom. The third-order valence-corrected chi connectivity index (χ3v) is 3.92. The summed E-state index contributed by atoms with van der Waals surface area (Å²) < 4.78 is 6.95. The number of carbonyl (C=O) groups is 1. The highest BCUT2D eigenvalue weighted by Gasteiger charge is 2.43. The van der Waals surface area contributed by atoms with Crippen LogP contribution in [0.5, 0.6) is 0 Å². The van der Waals surface area contributed by atoms with Gasteiger partial charge in [-0.1, -0.05) is 0 Å². The lowest BCUT2D eigenvalue weighted by Crippen LogP contribution is -2.15. The molecule has 0 saturated heterocycles. The van der Waals surface area contributed by atoms with Crippen LogP contribution in [0.2, 0.25) is 0 Å². The van der Waals surface area contributed by atoms with Crippen molar-refractivity contribution in [3.8, 4) is 0 Å². The molecule has 0 aliphatic heterocycles. The van der Waals surface area contributed by atoms with Crippen molar-refractivity contribution in [3.05, 3.63) is 17.6 Å². The summed E-state index contributed by atoms with van der Waals surface area (Å²) in [5, 5.41) is 0.597. The standard InChI is InChI=1S/C13H16N4O2/c1-7-8(12(18)19-3)9-10(14)15-6-16-11(9)17(7)13(2)4-5-13/h6H,4-5H2,1-3H3,(H2,14,15,16). The molecule has 0 atom stereocenters. The Morgan fingerprint density at radius 3 is 2.74 bits per heavy atom. The van der Waals surface area contributed by atoms with Crippen LogP contribution in [0.1, 0.15) is 35.8 Å². The number of hydrogen-bond acceptors (Lipinski definition) is 5. The Balaban J connectivity index is 2.42. The van der Waals surface area contributed by atoms with Gasteiger partial charge in [0.25, 0.3) is 0 Å². The zero-order valence-corrected chi connectivity index (χ0v) is 11.2. The van der Waals surface area contributed by atoms with Crippen LogP contribution >= 0.6 is 0 Å². The monoisotopic (exact) mass is 260 g/mol. The van der Waals surface area contributed by atoms with Gasteiger partial charge in [0.2, 0.25) is 0 Å². The molecule has 1 saturated carbocycles. The number of fused-ring (bicyclic) bond motifs is 1. The third kappa shape index (κ3) is 1.52. The molecule has 19 heavy (non-hydrogen) atoms. The number of aromatic nitrogens is 3. The average Bonchev–Trinajstić information content (AvgIpc) is 3.02. The summed E-state index contributed by atoms with van der Waals surface area (Å²) in [6, 6.07) is 0. The van der Waals surface area contributed by atoms with E-state index in [-0.39, 0.29) is 5.54 Å². The molecule has 2 heterocycles. The summed E-state index contributed by atoms with van der Waals surface area (Å²) in [5.74, 6) is -0.0801. The van der Waals surface area contributed by atoms with Crippen LogP contribution in [0, 0.1) is 6.92 Å². The second-order valence-corrected chi connectivity index (χ2v) is 5.24. The molecule has 1 fully saturated rings. The van der Waals surface area contributed by atoms with Gasteiger partial charge in [0.15, 0.2) is 0 Å². The Hall–Kier alpha value is -2.11. The van der Waals surface area contributed by atoms with Crippen LogP contribution in [0.3, 0.4) is 0 Å². The second kappa shape index (κ2) is 3.69. The summed E-state index contributed by atoms with van der Waals surface area (Å²) in [6.45, 7) is 4.05. The number of ether oxygens (including phenoxy) is 1. The summed E-state index contributed by atoms with van der Waals surface area (Å²) in [6.07, 6.45) is 3.57. The maximum atomic E-state index is 12.0. The summed E-state index contributed by atoms with van der Waals surface area (Å²) in [5.41, 5.74) is 7.98. The van der Waals surface area contributed by atoms with E-state index < -0.39 is 5.97 Å². The lowest BCUT2D eigenvalue weighted by atomic mass is 10.2. The number of carbonyl (C=O) groups excluding carboxylic acids is 1. The fourth-order valence-electron chi connectivity index (χ4n) is 2.67. The minimum Gasteiger partial charge on any atom is -0.465 e. The van der Waals surface area contributed by atoms with Crippen LogP contribution in [0.25, 0.3) is 11.0 Å². The van der Waals surface area contributed by atoms with Crippen LogP contribution < -0.4 is 5.73 Å². The van der Waals surface area contributed by atoms with Crippen molar-refractivity contribution in [2.45, 2.75) is 32.2 Å². The molecule has 1 aliphatic carbocycles. The normalized spacial score (nSPS) is 16.6. The number of nitrogens with zero attached hydrogens (tertiary/aromatic N) is 3. The number of rotatable bonds is 2. The number of nitrogens with two attached hydrogens (primary N) is 1. The van der Waals surface area contributed by atoms with Crippen LogP contribution in [-0.2, 0) is 10.3 Å². The molecule has 1 aliphatic rings. The molecule has 0 amide bonds. The van der Waals surface area contributed by atoms with Gasteiger partial charge >= 0.3 is 5.97 Å². The van der Waals surface area contributed by atoms with Gasteiger partial charge < -0.3 is 15.0 Å². The van der Waals surface area contributed by atoms with Gasteiger partial charge in [0.1, 0.15) is 17.8 Å². The highest BCUT2D eigenvalue weighted by molar-refractivity contribution is 6.08. The topological polar surface area (TPSA) is 83.0 Å². The van der Waals surface area contributed by atoms with E-state index in [0.29, 0.717) is 22.4 Å². The van der Waals surface area contributed by atoms with Gasteiger partial charge in [-0.3, -0.25) is 0 Å². The zero-order valence-electron chi connectivity index (χ0n) is 11.2. The van der Waals surface area contributed by atoms with Crippen molar-refractivity contribution in [2.75, 3.05) is 12.8 Å². The predicted octanol–water partition coefficient (Wildman–Crippen LogP) is 1.62. The average molecular weight is 260 g/mol. The highest BCUT2D eigenvalue weighted by atomic mass is 16.5. The van der Waals surface area contributed by atoms with E-state index in [9.17, 15) is 4.79 Å². The molecule has 3 rings (SSSR count). The van der Waals surface area contributed by atoms with E-state index in [1.165, 1.54) is 13.4 Å². The maximum Gasteiger partial charge on any atom is 0.340 e. The van der Waals surface area contributed by atoms with Crippen molar-refractivity contribution >= 4 is 22.8 Å². The van der Waals surface area contributed by atoms with Gasteiger partial charge in [0.05, 0.1) is 18.1 Å². The summed E-state index contributed by atoms with van der Waals surface area (Å²) >= 11 is 0. The Bertz CT molecular complexity index is 685. The van der Waals surface area contributed by atoms with E-state index >= 15 is 0 Å². The Kier molecular flexibility index (Phi) is 2.32. The SMILES string of the molecule is COC(=O)c1c(C)n(C2(C)CC2)c2ncnc(N)c12. The minimum atomic E-state index is -0.396. The van der Waals surface area contributed by atoms with Crippen molar-refractivity contribution < 1.29 is 9.53 Å².